The van der Waals surface area contributed by atoms with Crippen molar-refractivity contribution in [3.05, 3.63) is 40.4 Å². The molecule has 0 aromatic heterocycles. The van der Waals surface area contributed by atoms with Gasteiger partial charge in [0.05, 0.1) is 31.4 Å². The molecule has 0 bridgehead atoms. The van der Waals surface area contributed by atoms with Gasteiger partial charge in [-0.2, -0.15) is 0 Å². The van der Waals surface area contributed by atoms with Crippen molar-refractivity contribution >= 4 is 35.5 Å². The van der Waals surface area contributed by atoms with E-state index in [1.54, 1.807) is 0 Å². The maximum Gasteiger partial charge on any atom is 0.309 e. The van der Waals surface area contributed by atoms with Crippen LogP contribution in [0.25, 0.3) is 0 Å². The lowest BCUT2D eigenvalue weighted by molar-refractivity contribution is -0.139. The summed E-state index contributed by atoms with van der Waals surface area (Å²) in [5.74, 6) is -1.30. The maximum atomic E-state index is 11.6. The second-order valence-electron chi connectivity index (χ2n) is 5.68. The number of esters is 1. The molecular formula is C19H18ClNO7. The highest BCUT2D eigenvalue weighted by atomic mass is 35.5. The Bertz CT molecular complexity index is 927. The van der Waals surface area contributed by atoms with Gasteiger partial charge in [-0.15, -0.1) is 0 Å². The van der Waals surface area contributed by atoms with Gasteiger partial charge < -0.3 is 24.6 Å². The van der Waals surface area contributed by atoms with Crippen molar-refractivity contribution in [2.24, 2.45) is 0 Å². The third kappa shape index (κ3) is 4.92. The van der Waals surface area contributed by atoms with E-state index in [0.29, 0.717) is 11.8 Å². The molecular weight excluding hydrogens is 390 g/mol. The minimum absolute atomic E-state index is 0.0193. The number of halogens is 1. The molecule has 0 saturated heterocycles. The van der Waals surface area contributed by atoms with Gasteiger partial charge in [0.1, 0.15) is 6.29 Å². The number of phenolic OH excluding ortho intramolecular Hbond substituents is 1. The van der Waals surface area contributed by atoms with Crippen molar-refractivity contribution < 1.29 is 33.7 Å². The van der Waals surface area contributed by atoms with Crippen molar-refractivity contribution in [3.63, 3.8) is 0 Å². The topological polar surface area (TPSA) is 111 Å². The van der Waals surface area contributed by atoms with Crippen LogP contribution in [0, 0.1) is 0 Å². The first-order valence-electron chi connectivity index (χ1n) is 7.99. The Kier molecular flexibility index (Phi) is 6.84. The minimum Gasteiger partial charge on any atom is -0.502 e. The number of phenols is 1. The molecule has 0 aliphatic carbocycles. The third-order valence-electron chi connectivity index (χ3n) is 3.62. The van der Waals surface area contributed by atoms with E-state index in [2.05, 4.69) is 10.1 Å². The van der Waals surface area contributed by atoms with Crippen LogP contribution in [-0.4, -0.2) is 37.5 Å². The van der Waals surface area contributed by atoms with E-state index in [4.69, 9.17) is 21.1 Å². The Morgan fingerprint density at radius 1 is 1.18 bits per heavy atom. The summed E-state index contributed by atoms with van der Waals surface area (Å²) in [7, 11) is 2.58. The highest BCUT2D eigenvalue weighted by Crippen LogP contribution is 2.44. The number of aldehydes is 1. The van der Waals surface area contributed by atoms with Gasteiger partial charge in [-0.1, -0.05) is 11.6 Å². The number of carbonyl (C=O) groups excluding carboxylic acids is 3. The number of rotatable bonds is 7. The van der Waals surface area contributed by atoms with Gasteiger partial charge in [0.2, 0.25) is 11.7 Å². The van der Waals surface area contributed by atoms with E-state index < -0.39 is 11.9 Å². The first kappa shape index (κ1) is 21.0. The normalized spacial score (nSPS) is 10.1. The number of carbonyl (C=O) groups is 3. The summed E-state index contributed by atoms with van der Waals surface area (Å²) < 4.78 is 15.3. The average Bonchev–Trinajstić information content (AvgIpc) is 2.65. The van der Waals surface area contributed by atoms with Gasteiger partial charge in [0.25, 0.3) is 0 Å². The lowest BCUT2D eigenvalue weighted by Gasteiger charge is -2.17. The van der Waals surface area contributed by atoms with Crippen LogP contribution < -0.4 is 14.8 Å². The zero-order valence-corrected chi connectivity index (χ0v) is 16.1. The first-order chi connectivity index (χ1) is 13.3. The van der Waals surface area contributed by atoms with Gasteiger partial charge in [-0.3, -0.25) is 14.4 Å². The van der Waals surface area contributed by atoms with Gasteiger partial charge in [-0.05, 0) is 29.8 Å². The lowest BCUT2D eigenvalue weighted by Crippen LogP contribution is -2.09. The monoisotopic (exact) mass is 407 g/mol. The number of amides is 1. The van der Waals surface area contributed by atoms with Crippen LogP contribution in [0.3, 0.4) is 0 Å². The molecule has 0 radical (unpaired) electrons. The van der Waals surface area contributed by atoms with Crippen LogP contribution in [-0.2, 0) is 20.7 Å². The number of nitrogens with one attached hydrogen (secondary N) is 1. The van der Waals surface area contributed by atoms with Gasteiger partial charge in [0, 0.05) is 12.5 Å². The molecule has 0 aliphatic rings. The molecule has 2 rings (SSSR count). The van der Waals surface area contributed by atoms with Crippen molar-refractivity contribution in [1.29, 1.82) is 0 Å². The molecule has 0 heterocycles. The number of hydrogen-bond acceptors (Lipinski definition) is 7. The zero-order chi connectivity index (χ0) is 20.8. The van der Waals surface area contributed by atoms with Crippen molar-refractivity contribution in [2.45, 2.75) is 13.3 Å². The molecule has 1 amide bonds. The summed E-state index contributed by atoms with van der Waals surface area (Å²) in [5.41, 5.74) is 0.856. The van der Waals surface area contributed by atoms with Crippen LogP contribution in [0.5, 0.6) is 23.0 Å². The predicted molar refractivity (Wildman–Crippen MR) is 102 cm³/mol. The van der Waals surface area contributed by atoms with Crippen molar-refractivity contribution in [1.82, 2.24) is 0 Å². The number of anilines is 1. The van der Waals surface area contributed by atoms with Gasteiger partial charge >= 0.3 is 5.97 Å². The molecule has 0 spiro atoms. The van der Waals surface area contributed by atoms with E-state index in [0.717, 1.165) is 0 Å². The number of hydrogen-bond donors (Lipinski definition) is 2. The Morgan fingerprint density at radius 3 is 2.43 bits per heavy atom. The molecule has 8 nitrogen and oxygen atoms in total. The maximum absolute atomic E-state index is 11.6. The van der Waals surface area contributed by atoms with Crippen LogP contribution in [0.1, 0.15) is 22.8 Å². The summed E-state index contributed by atoms with van der Waals surface area (Å²) >= 11 is 6.28. The largest absolute Gasteiger partial charge is 0.502 e. The Morgan fingerprint density at radius 2 is 1.86 bits per heavy atom. The van der Waals surface area contributed by atoms with Crippen LogP contribution in [0.4, 0.5) is 5.69 Å². The summed E-state index contributed by atoms with van der Waals surface area (Å²) in [6.45, 7) is 1.29. The Labute approximate surface area is 166 Å². The Balaban J connectivity index is 2.54. The molecule has 0 unspecified atom stereocenters. The number of ether oxygens (including phenoxy) is 3. The van der Waals surface area contributed by atoms with Crippen LogP contribution in [0.15, 0.2) is 24.3 Å². The second kappa shape index (κ2) is 9.09. The van der Waals surface area contributed by atoms with Crippen LogP contribution >= 0.6 is 11.6 Å². The molecule has 28 heavy (non-hydrogen) atoms. The predicted octanol–water partition coefficient (Wildman–Crippen LogP) is 3.33. The van der Waals surface area contributed by atoms with Crippen molar-refractivity contribution in [3.8, 4) is 23.0 Å². The Hall–Kier alpha value is -3.26. The fraction of sp³-hybridized carbons (Fsp3) is 0.211. The average molecular weight is 408 g/mol. The molecule has 0 saturated carbocycles. The molecule has 2 N–H and O–H groups in total. The summed E-state index contributed by atoms with van der Waals surface area (Å²) in [5, 5.41) is 12.9. The quantitative estimate of drug-likeness (QED) is 0.534. The molecule has 0 atom stereocenters. The highest BCUT2D eigenvalue weighted by molar-refractivity contribution is 6.32. The summed E-state index contributed by atoms with van der Waals surface area (Å²) in [6.07, 6.45) is 0.493. The number of benzene rings is 2. The fourth-order valence-corrected chi connectivity index (χ4v) is 2.67. The molecule has 0 aliphatic heterocycles. The molecule has 9 heteroatoms. The second-order valence-corrected chi connectivity index (χ2v) is 6.09. The minimum atomic E-state index is -0.487. The first-order valence-corrected chi connectivity index (χ1v) is 8.37. The fourth-order valence-electron chi connectivity index (χ4n) is 2.39. The van der Waals surface area contributed by atoms with E-state index in [1.807, 2.05) is 0 Å². The molecule has 148 valence electrons. The zero-order valence-electron chi connectivity index (χ0n) is 15.4. The van der Waals surface area contributed by atoms with Crippen molar-refractivity contribution in [2.75, 3.05) is 19.5 Å². The van der Waals surface area contributed by atoms with Gasteiger partial charge in [0.15, 0.2) is 17.2 Å². The SMILES string of the molecule is COC(=O)Cc1cc(Cl)c(Oc2cc(C=O)cc(OC)c2O)c(NC(C)=O)c1. The third-order valence-corrected chi connectivity index (χ3v) is 3.90. The molecule has 2 aromatic rings. The summed E-state index contributed by atoms with van der Waals surface area (Å²) in [6, 6.07) is 5.60. The van der Waals surface area contributed by atoms with Crippen LogP contribution in [0.2, 0.25) is 5.02 Å². The van der Waals surface area contributed by atoms with E-state index in [-0.39, 0.29) is 45.7 Å². The summed E-state index contributed by atoms with van der Waals surface area (Å²) in [4.78, 5) is 34.2. The molecule has 2 aromatic carbocycles. The van der Waals surface area contributed by atoms with E-state index in [9.17, 15) is 19.5 Å². The standard InChI is InChI=1S/C19H18ClNO7/c1-10(23)21-14-5-11(8-17(24)27-3)4-13(20)19(14)28-16-7-12(9-22)6-15(26-2)18(16)25/h4-7,9,25H,8H2,1-3H3,(H,21,23). The smallest absolute Gasteiger partial charge is 0.309 e. The highest BCUT2D eigenvalue weighted by Gasteiger charge is 2.19. The lowest BCUT2D eigenvalue weighted by atomic mass is 10.1. The van der Waals surface area contributed by atoms with Gasteiger partial charge in [-0.25, -0.2) is 0 Å². The number of methoxy groups -OCH3 is 2. The molecule has 0 fully saturated rings. The number of aromatic hydroxyl groups is 1. The van der Waals surface area contributed by atoms with E-state index >= 15 is 0 Å². The van der Waals surface area contributed by atoms with E-state index in [1.165, 1.54) is 45.4 Å².